The van der Waals surface area contributed by atoms with Crippen molar-refractivity contribution in [3.8, 4) is 11.4 Å². The highest BCUT2D eigenvalue weighted by molar-refractivity contribution is 6.30. The van der Waals surface area contributed by atoms with Gasteiger partial charge in [0.05, 0.1) is 16.1 Å². The summed E-state index contributed by atoms with van der Waals surface area (Å²) in [6.45, 7) is 1.67. The number of nitro groups is 1. The zero-order valence-corrected chi connectivity index (χ0v) is 15.9. The minimum absolute atomic E-state index is 0.142. The Morgan fingerprint density at radius 1 is 1.28 bits per heavy atom. The van der Waals surface area contributed by atoms with E-state index in [1.165, 1.54) is 10.7 Å². The maximum absolute atomic E-state index is 12.2. The lowest BCUT2D eigenvalue weighted by atomic mass is 9.94. The quantitative estimate of drug-likeness (QED) is 0.501. The summed E-state index contributed by atoms with van der Waals surface area (Å²) in [6, 6.07) is 12.3. The van der Waals surface area contributed by atoms with Crippen molar-refractivity contribution in [2.45, 2.75) is 13.0 Å². The van der Waals surface area contributed by atoms with Gasteiger partial charge in [-0.05, 0) is 25.1 Å². The minimum atomic E-state index is -0.897. The van der Waals surface area contributed by atoms with E-state index in [0.29, 0.717) is 28.1 Å². The molecule has 146 valence electrons. The SMILES string of the molecule is CC1=C(C(N)=O)[C@H](c2ccccc2[N+](=O)[O-])n2nc(-c3cccc(Cl)c3)nc2N1. The number of carbonyl (C=O) groups is 1. The molecule has 9 nitrogen and oxygen atoms in total. The number of anilines is 1. The van der Waals surface area contributed by atoms with Crippen LogP contribution in [0.3, 0.4) is 0 Å². The molecule has 0 radical (unpaired) electrons. The molecule has 1 atom stereocenters. The van der Waals surface area contributed by atoms with Gasteiger partial charge < -0.3 is 11.1 Å². The van der Waals surface area contributed by atoms with Crippen LogP contribution in [0.5, 0.6) is 0 Å². The van der Waals surface area contributed by atoms with Gasteiger partial charge in [0.25, 0.3) is 5.69 Å². The normalized spacial score (nSPS) is 15.6. The van der Waals surface area contributed by atoms with Crippen molar-refractivity contribution in [1.29, 1.82) is 0 Å². The van der Waals surface area contributed by atoms with Gasteiger partial charge in [-0.3, -0.25) is 14.9 Å². The van der Waals surface area contributed by atoms with Crippen LogP contribution < -0.4 is 11.1 Å². The van der Waals surface area contributed by atoms with Crippen LogP contribution in [0.1, 0.15) is 18.5 Å². The Hall–Kier alpha value is -3.72. The minimum Gasteiger partial charge on any atom is -0.366 e. The molecule has 3 aromatic rings. The van der Waals surface area contributed by atoms with Crippen LogP contribution in [-0.4, -0.2) is 25.6 Å². The molecule has 3 N–H and O–H groups in total. The van der Waals surface area contributed by atoms with Gasteiger partial charge >= 0.3 is 0 Å². The number of nitrogens with zero attached hydrogens (tertiary/aromatic N) is 4. The van der Waals surface area contributed by atoms with E-state index in [4.69, 9.17) is 17.3 Å². The number of fused-ring (bicyclic) bond motifs is 1. The second kappa shape index (κ2) is 7.02. The number of nitrogens with two attached hydrogens (primary N) is 1. The summed E-state index contributed by atoms with van der Waals surface area (Å²) < 4.78 is 1.44. The van der Waals surface area contributed by atoms with Gasteiger partial charge in [0.2, 0.25) is 11.9 Å². The van der Waals surface area contributed by atoms with Crippen molar-refractivity contribution in [3.05, 3.63) is 80.5 Å². The predicted octanol–water partition coefficient (Wildman–Crippen LogP) is 3.28. The van der Waals surface area contributed by atoms with Gasteiger partial charge in [0.1, 0.15) is 6.04 Å². The zero-order chi connectivity index (χ0) is 20.7. The number of benzene rings is 2. The Morgan fingerprint density at radius 2 is 2.03 bits per heavy atom. The number of allylic oxidation sites excluding steroid dienone is 1. The fraction of sp³-hybridized carbons (Fsp3) is 0.105. The first-order valence-corrected chi connectivity index (χ1v) is 8.98. The Kier molecular flexibility index (Phi) is 4.51. The first-order chi connectivity index (χ1) is 13.9. The monoisotopic (exact) mass is 410 g/mol. The number of rotatable bonds is 4. The van der Waals surface area contributed by atoms with E-state index < -0.39 is 16.9 Å². The molecular weight excluding hydrogens is 396 g/mol. The molecule has 1 aliphatic rings. The van der Waals surface area contributed by atoms with Crippen LogP contribution in [0.15, 0.2) is 59.8 Å². The number of nitro benzene ring substituents is 1. The lowest BCUT2D eigenvalue weighted by Gasteiger charge is -2.27. The second-order valence-corrected chi connectivity index (χ2v) is 6.90. The van der Waals surface area contributed by atoms with Crippen LogP contribution in [0.4, 0.5) is 11.6 Å². The Balaban J connectivity index is 1.94. The molecule has 2 aromatic carbocycles. The fourth-order valence-corrected chi connectivity index (χ4v) is 3.58. The van der Waals surface area contributed by atoms with Gasteiger partial charge in [-0.2, -0.15) is 4.98 Å². The standard InChI is InChI=1S/C19H15ClN6O3/c1-10-15(17(21)27)16(13-7-2-3-8-14(13)26(28)29)25-19(22-10)23-18(24-25)11-5-4-6-12(20)9-11/h2-9,16H,1H3,(H2,21,27)(H,22,23,24)/t16-/m0/s1. The second-order valence-electron chi connectivity index (χ2n) is 6.46. The van der Waals surface area contributed by atoms with Crippen molar-refractivity contribution in [3.63, 3.8) is 0 Å². The first kappa shape index (κ1) is 18.6. The molecule has 0 aliphatic carbocycles. The molecule has 1 amide bonds. The van der Waals surface area contributed by atoms with Crippen LogP contribution in [-0.2, 0) is 4.79 Å². The number of para-hydroxylation sites is 1. The molecule has 29 heavy (non-hydrogen) atoms. The molecule has 0 spiro atoms. The number of hydrogen-bond donors (Lipinski definition) is 2. The highest BCUT2D eigenvalue weighted by atomic mass is 35.5. The van der Waals surface area contributed by atoms with Gasteiger partial charge in [-0.25, -0.2) is 4.68 Å². The smallest absolute Gasteiger partial charge is 0.275 e. The van der Waals surface area contributed by atoms with E-state index in [0.717, 1.165) is 0 Å². The molecule has 0 fully saturated rings. The van der Waals surface area contributed by atoms with Crippen molar-refractivity contribution in [2.75, 3.05) is 5.32 Å². The molecule has 4 rings (SSSR count). The van der Waals surface area contributed by atoms with Crippen molar-refractivity contribution < 1.29 is 9.72 Å². The number of amides is 1. The highest BCUT2D eigenvalue weighted by Gasteiger charge is 2.36. The number of nitrogens with one attached hydrogen (secondary N) is 1. The van der Waals surface area contributed by atoms with Gasteiger partial charge in [-0.15, -0.1) is 5.10 Å². The Bertz CT molecular complexity index is 1190. The largest absolute Gasteiger partial charge is 0.366 e. The predicted molar refractivity (Wildman–Crippen MR) is 107 cm³/mol. The van der Waals surface area contributed by atoms with E-state index in [1.807, 2.05) is 0 Å². The summed E-state index contributed by atoms with van der Waals surface area (Å²) in [5.74, 6) is -0.00802. The molecule has 2 heterocycles. The highest BCUT2D eigenvalue weighted by Crippen LogP contribution is 2.39. The summed E-state index contributed by atoms with van der Waals surface area (Å²) in [6.07, 6.45) is 0. The average molecular weight is 411 g/mol. The van der Waals surface area contributed by atoms with E-state index >= 15 is 0 Å². The van der Waals surface area contributed by atoms with Gasteiger partial charge in [0, 0.05) is 22.3 Å². The number of hydrogen-bond acceptors (Lipinski definition) is 6. The fourth-order valence-electron chi connectivity index (χ4n) is 3.39. The lowest BCUT2D eigenvalue weighted by molar-refractivity contribution is -0.385. The summed E-state index contributed by atoms with van der Waals surface area (Å²) in [5, 5.41) is 19.6. The van der Waals surface area contributed by atoms with Crippen LogP contribution in [0.25, 0.3) is 11.4 Å². The van der Waals surface area contributed by atoms with Crippen molar-refractivity contribution in [1.82, 2.24) is 14.8 Å². The van der Waals surface area contributed by atoms with E-state index in [2.05, 4.69) is 15.4 Å². The first-order valence-electron chi connectivity index (χ1n) is 8.60. The molecule has 0 saturated heterocycles. The molecular formula is C19H15ClN6O3. The number of aromatic nitrogens is 3. The summed E-state index contributed by atoms with van der Waals surface area (Å²) >= 11 is 6.07. The summed E-state index contributed by atoms with van der Waals surface area (Å²) in [4.78, 5) is 27.8. The summed E-state index contributed by atoms with van der Waals surface area (Å²) in [7, 11) is 0. The van der Waals surface area contributed by atoms with Crippen LogP contribution in [0, 0.1) is 10.1 Å². The average Bonchev–Trinajstić information content (AvgIpc) is 3.10. The van der Waals surface area contributed by atoms with E-state index in [1.54, 1.807) is 49.4 Å². The van der Waals surface area contributed by atoms with E-state index in [-0.39, 0.29) is 16.8 Å². The third-order valence-electron chi connectivity index (χ3n) is 4.63. The molecule has 1 aromatic heterocycles. The number of halogens is 1. The third-order valence-corrected chi connectivity index (χ3v) is 4.86. The van der Waals surface area contributed by atoms with E-state index in [9.17, 15) is 14.9 Å². The lowest BCUT2D eigenvalue weighted by Crippen LogP contribution is -2.32. The molecule has 0 saturated carbocycles. The molecule has 0 unspecified atom stereocenters. The number of primary amides is 1. The Morgan fingerprint density at radius 3 is 2.72 bits per heavy atom. The van der Waals surface area contributed by atoms with Crippen molar-refractivity contribution >= 4 is 29.1 Å². The third kappa shape index (κ3) is 3.21. The van der Waals surface area contributed by atoms with Crippen molar-refractivity contribution in [2.24, 2.45) is 5.73 Å². The maximum atomic E-state index is 12.2. The van der Waals surface area contributed by atoms with Gasteiger partial charge in [-0.1, -0.05) is 35.9 Å². The Labute approximate surface area is 170 Å². The molecule has 1 aliphatic heterocycles. The molecule has 10 heteroatoms. The summed E-state index contributed by atoms with van der Waals surface area (Å²) in [5.41, 5.74) is 7.07. The topological polar surface area (TPSA) is 129 Å². The number of carbonyl (C=O) groups excluding carboxylic acids is 1. The molecule has 0 bridgehead atoms. The van der Waals surface area contributed by atoms with Crippen LogP contribution in [0.2, 0.25) is 5.02 Å². The van der Waals surface area contributed by atoms with Crippen LogP contribution >= 0.6 is 11.6 Å². The van der Waals surface area contributed by atoms with Gasteiger partial charge in [0.15, 0.2) is 5.82 Å². The maximum Gasteiger partial charge on any atom is 0.275 e. The zero-order valence-electron chi connectivity index (χ0n) is 15.2.